The van der Waals surface area contributed by atoms with Gasteiger partial charge in [0.15, 0.2) is 0 Å². The third-order valence-electron chi connectivity index (χ3n) is 3.76. The van der Waals surface area contributed by atoms with Crippen LogP contribution in [-0.4, -0.2) is 57.8 Å². The fraction of sp³-hybridized carbons (Fsp3) is 0.500. The third-order valence-corrected chi connectivity index (χ3v) is 6.71. The zero-order valence-electron chi connectivity index (χ0n) is 14.8. The van der Waals surface area contributed by atoms with Crippen molar-refractivity contribution in [2.24, 2.45) is 0 Å². The summed E-state index contributed by atoms with van der Waals surface area (Å²) in [7, 11) is -3.49. The minimum Gasteiger partial charge on any atom is -0.476 e. The summed E-state index contributed by atoms with van der Waals surface area (Å²) in [6, 6.07) is 5.16. The molecule has 1 saturated heterocycles. The first-order valence-corrected chi connectivity index (χ1v) is 10.6. The molecule has 2 aromatic heterocycles. The molecule has 1 fully saturated rings. The highest BCUT2D eigenvalue weighted by atomic mass is 32.2. The van der Waals surface area contributed by atoms with Gasteiger partial charge < -0.3 is 14.4 Å². The molecule has 0 amide bonds. The third kappa shape index (κ3) is 4.91. The second-order valence-corrected chi connectivity index (χ2v) is 9.10. The Balaban J connectivity index is 1.55. The van der Waals surface area contributed by atoms with E-state index >= 15 is 0 Å². The van der Waals surface area contributed by atoms with E-state index in [1.807, 2.05) is 6.92 Å². The molecule has 26 heavy (non-hydrogen) atoms. The van der Waals surface area contributed by atoms with Gasteiger partial charge in [-0.05, 0) is 26.0 Å². The maximum atomic E-state index is 12.2. The molecule has 0 atom stereocenters. The zero-order chi connectivity index (χ0) is 18.6. The molecule has 2 aromatic rings. The van der Waals surface area contributed by atoms with Crippen LogP contribution in [0.2, 0.25) is 0 Å². The normalized spacial score (nSPS) is 15.2. The lowest BCUT2D eigenvalue weighted by molar-refractivity contribution is 0.122. The summed E-state index contributed by atoms with van der Waals surface area (Å²) < 4.78 is 38.2. The minimum absolute atomic E-state index is 0.162. The van der Waals surface area contributed by atoms with Crippen LogP contribution in [0.1, 0.15) is 10.7 Å². The summed E-state index contributed by atoms with van der Waals surface area (Å²) in [4.78, 5) is 11.8. The zero-order valence-corrected chi connectivity index (χ0v) is 16.4. The van der Waals surface area contributed by atoms with E-state index in [1.54, 1.807) is 25.1 Å². The van der Waals surface area contributed by atoms with Gasteiger partial charge in [-0.1, -0.05) is 0 Å². The molecular weight excluding hydrogens is 376 g/mol. The number of hydrogen-bond donors (Lipinski definition) is 1. The summed E-state index contributed by atoms with van der Waals surface area (Å²) in [5, 5.41) is 0. The van der Waals surface area contributed by atoms with Crippen LogP contribution in [0.5, 0.6) is 5.88 Å². The highest BCUT2D eigenvalue weighted by Crippen LogP contribution is 2.20. The summed E-state index contributed by atoms with van der Waals surface area (Å²) in [5.74, 6) is 1.84. The van der Waals surface area contributed by atoms with Crippen molar-refractivity contribution in [2.45, 2.75) is 18.1 Å². The topological polar surface area (TPSA) is 93.6 Å². The van der Waals surface area contributed by atoms with Gasteiger partial charge >= 0.3 is 0 Å². The highest BCUT2D eigenvalue weighted by Gasteiger charge is 2.16. The van der Waals surface area contributed by atoms with Crippen molar-refractivity contribution in [1.82, 2.24) is 14.7 Å². The van der Waals surface area contributed by atoms with Crippen molar-refractivity contribution in [3.8, 4) is 5.88 Å². The van der Waals surface area contributed by atoms with E-state index in [0.717, 1.165) is 23.8 Å². The molecule has 0 saturated carbocycles. The maximum Gasteiger partial charge on any atom is 0.250 e. The lowest BCUT2D eigenvalue weighted by Crippen LogP contribution is -2.37. The number of ether oxygens (including phenoxy) is 2. The predicted molar refractivity (Wildman–Crippen MR) is 99.5 cm³/mol. The lowest BCUT2D eigenvalue weighted by atomic mass is 10.4. The molecule has 0 spiro atoms. The van der Waals surface area contributed by atoms with E-state index in [2.05, 4.69) is 19.6 Å². The second-order valence-electron chi connectivity index (χ2n) is 5.82. The van der Waals surface area contributed by atoms with Crippen LogP contribution in [-0.2, 0) is 14.8 Å². The van der Waals surface area contributed by atoms with Gasteiger partial charge in [0, 0.05) is 30.6 Å². The summed E-state index contributed by atoms with van der Waals surface area (Å²) in [6.07, 6.45) is 0. The molecule has 0 aromatic carbocycles. The molecule has 1 aliphatic rings. The van der Waals surface area contributed by atoms with Crippen molar-refractivity contribution in [3.63, 3.8) is 0 Å². The molecule has 0 radical (unpaired) electrons. The summed E-state index contributed by atoms with van der Waals surface area (Å²) in [5.41, 5.74) is 0. The monoisotopic (exact) mass is 398 g/mol. The molecule has 0 bridgehead atoms. The Morgan fingerprint density at radius 3 is 2.73 bits per heavy atom. The van der Waals surface area contributed by atoms with Crippen molar-refractivity contribution >= 4 is 27.2 Å². The Hall–Kier alpha value is -1.75. The number of nitrogens with zero attached hydrogens (tertiary/aromatic N) is 3. The van der Waals surface area contributed by atoms with Gasteiger partial charge in [0.2, 0.25) is 15.9 Å². The predicted octanol–water partition coefficient (Wildman–Crippen LogP) is 1.35. The number of anilines is 1. The molecule has 3 rings (SSSR count). The molecule has 1 aliphatic heterocycles. The van der Waals surface area contributed by atoms with Gasteiger partial charge in [-0.15, -0.1) is 11.3 Å². The average molecular weight is 399 g/mol. The lowest BCUT2D eigenvalue weighted by Gasteiger charge is -2.28. The number of aryl methyl sites for hydroxylation is 2. The van der Waals surface area contributed by atoms with Crippen molar-refractivity contribution in [1.29, 1.82) is 0 Å². The van der Waals surface area contributed by atoms with Gasteiger partial charge in [0.1, 0.15) is 22.5 Å². The fourth-order valence-electron chi connectivity index (χ4n) is 2.51. The molecule has 0 aliphatic carbocycles. The molecular formula is C16H22N4O4S2. The molecule has 8 nitrogen and oxygen atoms in total. The molecule has 10 heteroatoms. The van der Waals surface area contributed by atoms with E-state index in [9.17, 15) is 8.42 Å². The number of morpholine rings is 1. The van der Waals surface area contributed by atoms with E-state index in [-0.39, 0.29) is 13.2 Å². The van der Waals surface area contributed by atoms with Crippen LogP contribution < -0.4 is 14.4 Å². The van der Waals surface area contributed by atoms with E-state index in [4.69, 9.17) is 9.47 Å². The average Bonchev–Trinajstić information content (AvgIpc) is 3.07. The first-order chi connectivity index (χ1) is 12.4. The summed E-state index contributed by atoms with van der Waals surface area (Å²) >= 11 is 1.24. The van der Waals surface area contributed by atoms with Gasteiger partial charge in [0.05, 0.1) is 13.2 Å². The highest BCUT2D eigenvalue weighted by molar-refractivity contribution is 7.91. The fourth-order valence-corrected chi connectivity index (χ4v) is 4.85. The number of thiophene rings is 1. The van der Waals surface area contributed by atoms with Crippen LogP contribution in [0.4, 0.5) is 5.82 Å². The maximum absolute atomic E-state index is 12.2. The van der Waals surface area contributed by atoms with Crippen LogP contribution in [0, 0.1) is 13.8 Å². The van der Waals surface area contributed by atoms with E-state index < -0.39 is 10.0 Å². The van der Waals surface area contributed by atoms with Gasteiger partial charge in [0.25, 0.3) is 0 Å². The quantitative estimate of drug-likeness (QED) is 0.704. The second kappa shape index (κ2) is 8.30. The minimum atomic E-state index is -3.49. The number of nitrogens with one attached hydrogen (secondary N) is 1. The first-order valence-electron chi connectivity index (χ1n) is 8.31. The van der Waals surface area contributed by atoms with E-state index in [1.165, 1.54) is 11.3 Å². The van der Waals surface area contributed by atoms with E-state index in [0.29, 0.717) is 29.1 Å². The SMILES string of the molecule is Cc1nc(OCCNS(=O)(=O)c2ccc(C)s2)cc(N2CCOCC2)n1. The van der Waals surface area contributed by atoms with Crippen LogP contribution in [0.3, 0.4) is 0 Å². The largest absolute Gasteiger partial charge is 0.476 e. The Morgan fingerprint density at radius 1 is 1.27 bits per heavy atom. The van der Waals surface area contributed by atoms with Gasteiger partial charge in [-0.25, -0.2) is 18.1 Å². The Kier molecular flexibility index (Phi) is 6.07. The molecule has 0 unspecified atom stereocenters. The van der Waals surface area contributed by atoms with Crippen LogP contribution in [0.15, 0.2) is 22.4 Å². The van der Waals surface area contributed by atoms with Gasteiger partial charge in [-0.2, -0.15) is 4.98 Å². The van der Waals surface area contributed by atoms with Crippen LogP contribution >= 0.6 is 11.3 Å². The van der Waals surface area contributed by atoms with Crippen molar-refractivity contribution in [3.05, 3.63) is 28.9 Å². The van der Waals surface area contributed by atoms with Crippen molar-refractivity contribution < 1.29 is 17.9 Å². The number of sulfonamides is 1. The number of rotatable bonds is 7. The molecule has 1 N–H and O–H groups in total. The Labute approximate surface area is 157 Å². The first kappa shape index (κ1) is 19.0. The number of aromatic nitrogens is 2. The number of hydrogen-bond acceptors (Lipinski definition) is 8. The van der Waals surface area contributed by atoms with Crippen LogP contribution in [0.25, 0.3) is 0 Å². The smallest absolute Gasteiger partial charge is 0.250 e. The Bertz CT molecular complexity index is 848. The molecule has 142 valence electrons. The summed E-state index contributed by atoms with van der Waals surface area (Å²) in [6.45, 7) is 6.91. The van der Waals surface area contributed by atoms with Crippen molar-refractivity contribution in [2.75, 3.05) is 44.4 Å². The standard InChI is InChI=1S/C16H22N4O4S2/c1-12-3-4-16(25-12)26(21,22)17-5-8-24-15-11-14(18-13(2)19-15)20-6-9-23-10-7-20/h3-4,11,17H,5-10H2,1-2H3. The van der Waals surface area contributed by atoms with Gasteiger partial charge in [-0.3, -0.25) is 0 Å². The molecule has 3 heterocycles. The Morgan fingerprint density at radius 2 is 2.04 bits per heavy atom.